The van der Waals surface area contributed by atoms with Crippen LogP contribution in [0.15, 0.2) is 103 Å². The Balaban J connectivity index is 1.59. The Labute approximate surface area is 223 Å². The van der Waals surface area contributed by atoms with E-state index in [0.717, 1.165) is 27.8 Å². The van der Waals surface area contributed by atoms with Crippen molar-refractivity contribution in [2.75, 3.05) is 6.61 Å². The molecule has 0 aliphatic carbocycles. The van der Waals surface area contributed by atoms with Crippen LogP contribution < -0.4 is 5.32 Å². The highest BCUT2D eigenvalue weighted by Gasteiger charge is 2.35. The molecular weight excluding hydrogens is 476 g/mol. The molecule has 0 radical (unpaired) electrons. The lowest BCUT2D eigenvalue weighted by Gasteiger charge is -2.27. The monoisotopic (exact) mass is 510 g/mol. The molecule has 1 aromatic heterocycles. The fraction of sp³-hybridized carbons (Fsp3) is 0.250. The largest absolute Gasteiger partial charge is 0.481 e. The Kier molecular flexibility index (Phi) is 9.11. The summed E-state index contributed by atoms with van der Waals surface area (Å²) in [7, 11) is 0. The number of aliphatic hydroxyl groups excluding tert-OH is 1. The minimum atomic E-state index is -1.02. The maximum Gasteiger partial charge on any atom is 0.309 e. The summed E-state index contributed by atoms with van der Waals surface area (Å²) in [6, 6.07) is 28.3. The number of carboxylic acid groups (broad SMARTS) is 1. The zero-order valence-corrected chi connectivity index (χ0v) is 21.5. The van der Waals surface area contributed by atoms with Gasteiger partial charge >= 0.3 is 5.97 Å². The Morgan fingerprint density at radius 2 is 1.39 bits per heavy atom. The number of amides is 1. The van der Waals surface area contributed by atoms with Crippen LogP contribution in [0.5, 0.6) is 0 Å². The van der Waals surface area contributed by atoms with Gasteiger partial charge in [-0.3, -0.25) is 9.59 Å². The molecule has 4 rings (SSSR count). The molecular formula is C32H34N2O4. The molecule has 0 spiro atoms. The van der Waals surface area contributed by atoms with Crippen molar-refractivity contribution in [2.45, 2.75) is 38.3 Å². The third-order valence-corrected chi connectivity index (χ3v) is 6.82. The number of carbonyl (C=O) groups excluding carboxylic acids is 1. The third-order valence-electron chi connectivity index (χ3n) is 6.82. The van der Waals surface area contributed by atoms with E-state index in [1.165, 1.54) is 0 Å². The molecule has 0 aliphatic rings. The molecule has 0 fully saturated rings. The first kappa shape index (κ1) is 26.9. The molecule has 3 aromatic carbocycles. The van der Waals surface area contributed by atoms with Gasteiger partial charge in [0.25, 0.3) is 0 Å². The number of rotatable bonds is 12. The SMILES string of the molecule is CCC[C@H](C(=O)O)[C@H](C(=O)N[C@H](CO)Cc1ccccc1)n1ccc(-c2ccc(-c3ccccc3)cc2)c1. The van der Waals surface area contributed by atoms with E-state index in [-0.39, 0.29) is 6.61 Å². The molecule has 1 heterocycles. The molecule has 196 valence electrons. The van der Waals surface area contributed by atoms with Crippen LogP contribution in [0.25, 0.3) is 22.3 Å². The number of benzene rings is 3. The lowest BCUT2D eigenvalue weighted by molar-refractivity contribution is -0.147. The van der Waals surface area contributed by atoms with Crippen molar-refractivity contribution in [2.24, 2.45) is 5.92 Å². The second-order valence-electron chi connectivity index (χ2n) is 9.55. The van der Waals surface area contributed by atoms with Crippen LogP contribution in [0.2, 0.25) is 0 Å². The minimum Gasteiger partial charge on any atom is -0.481 e. The van der Waals surface area contributed by atoms with E-state index < -0.39 is 29.9 Å². The number of aromatic nitrogens is 1. The summed E-state index contributed by atoms with van der Waals surface area (Å²) in [5, 5.41) is 22.9. The summed E-state index contributed by atoms with van der Waals surface area (Å²) >= 11 is 0. The zero-order chi connectivity index (χ0) is 26.9. The number of hydrogen-bond acceptors (Lipinski definition) is 3. The summed E-state index contributed by atoms with van der Waals surface area (Å²) in [5.41, 5.74) is 5.09. The molecule has 3 N–H and O–H groups in total. The Bertz CT molecular complexity index is 1320. The summed E-state index contributed by atoms with van der Waals surface area (Å²) in [6.07, 6.45) is 5.03. The van der Waals surface area contributed by atoms with E-state index in [1.807, 2.05) is 79.9 Å². The van der Waals surface area contributed by atoms with Crippen molar-refractivity contribution in [1.82, 2.24) is 9.88 Å². The zero-order valence-electron chi connectivity index (χ0n) is 21.5. The number of carboxylic acids is 1. The van der Waals surface area contributed by atoms with Gasteiger partial charge < -0.3 is 20.1 Å². The quantitative estimate of drug-likeness (QED) is 0.232. The molecule has 1 amide bonds. The van der Waals surface area contributed by atoms with E-state index in [4.69, 9.17) is 0 Å². The van der Waals surface area contributed by atoms with Gasteiger partial charge in [-0.2, -0.15) is 0 Å². The Morgan fingerprint density at radius 3 is 1.97 bits per heavy atom. The third kappa shape index (κ3) is 6.58. The molecule has 0 bridgehead atoms. The maximum absolute atomic E-state index is 13.6. The molecule has 6 nitrogen and oxygen atoms in total. The number of aliphatic carboxylic acids is 1. The lowest BCUT2D eigenvalue weighted by Crippen LogP contribution is -2.46. The van der Waals surface area contributed by atoms with Gasteiger partial charge in [-0.1, -0.05) is 98.3 Å². The van der Waals surface area contributed by atoms with Crippen molar-refractivity contribution in [3.05, 3.63) is 109 Å². The van der Waals surface area contributed by atoms with Gasteiger partial charge in [-0.15, -0.1) is 0 Å². The average molecular weight is 511 g/mol. The molecule has 4 aromatic rings. The Hall–Kier alpha value is -4.16. The predicted molar refractivity (Wildman–Crippen MR) is 150 cm³/mol. The highest BCUT2D eigenvalue weighted by atomic mass is 16.4. The summed E-state index contributed by atoms with van der Waals surface area (Å²) in [6.45, 7) is 1.66. The summed E-state index contributed by atoms with van der Waals surface area (Å²) in [4.78, 5) is 25.8. The summed E-state index contributed by atoms with van der Waals surface area (Å²) in [5.74, 6) is -2.34. The molecule has 0 saturated carbocycles. The van der Waals surface area contributed by atoms with Gasteiger partial charge in [-0.05, 0) is 46.7 Å². The first-order chi connectivity index (χ1) is 18.5. The van der Waals surface area contributed by atoms with E-state index in [9.17, 15) is 19.8 Å². The highest BCUT2D eigenvalue weighted by molar-refractivity contribution is 5.86. The van der Waals surface area contributed by atoms with Crippen LogP contribution in [0.3, 0.4) is 0 Å². The van der Waals surface area contributed by atoms with Crippen LogP contribution >= 0.6 is 0 Å². The van der Waals surface area contributed by atoms with E-state index >= 15 is 0 Å². The second kappa shape index (κ2) is 12.9. The molecule has 38 heavy (non-hydrogen) atoms. The second-order valence-corrected chi connectivity index (χ2v) is 9.55. The van der Waals surface area contributed by atoms with Crippen molar-refractivity contribution in [3.8, 4) is 22.3 Å². The molecule has 0 aliphatic heterocycles. The van der Waals surface area contributed by atoms with Gasteiger partial charge in [0.2, 0.25) is 5.91 Å². The standard InChI is InChI=1S/C32H34N2O4/c1-2-9-29(32(37)38)30(31(36)33-28(22-35)20-23-10-5-3-6-11-23)34-19-18-27(21-34)26-16-14-25(15-17-26)24-12-7-4-8-13-24/h3-8,10-19,21,28-30,35H,2,9,20,22H2,1H3,(H,33,36)(H,37,38)/t28-,29-,30+/m0/s1. The van der Waals surface area contributed by atoms with Gasteiger partial charge in [-0.25, -0.2) is 0 Å². The van der Waals surface area contributed by atoms with Crippen molar-refractivity contribution in [3.63, 3.8) is 0 Å². The van der Waals surface area contributed by atoms with Crippen LogP contribution in [0.4, 0.5) is 0 Å². The van der Waals surface area contributed by atoms with Gasteiger partial charge in [0.15, 0.2) is 0 Å². The number of hydrogen-bond donors (Lipinski definition) is 3. The topological polar surface area (TPSA) is 91.6 Å². The fourth-order valence-electron chi connectivity index (χ4n) is 4.84. The minimum absolute atomic E-state index is 0.246. The van der Waals surface area contributed by atoms with Crippen LogP contribution in [0, 0.1) is 5.92 Å². The molecule has 0 saturated heterocycles. The normalized spacial score (nSPS) is 13.4. The van der Waals surface area contributed by atoms with Gasteiger partial charge in [0, 0.05) is 12.4 Å². The highest BCUT2D eigenvalue weighted by Crippen LogP contribution is 2.29. The summed E-state index contributed by atoms with van der Waals surface area (Å²) < 4.78 is 1.70. The number of aliphatic hydroxyl groups is 1. The van der Waals surface area contributed by atoms with Gasteiger partial charge in [0.1, 0.15) is 6.04 Å². The molecule has 3 atom stereocenters. The van der Waals surface area contributed by atoms with E-state index in [2.05, 4.69) is 29.6 Å². The average Bonchev–Trinajstić information content (AvgIpc) is 3.43. The first-order valence-corrected chi connectivity index (χ1v) is 13.0. The Morgan fingerprint density at radius 1 is 0.816 bits per heavy atom. The number of nitrogens with one attached hydrogen (secondary N) is 1. The van der Waals surface area contributed by atoms with Crippen LogP contribution in [-0.4, -0.2) is 39.3 Å². The van der Waals surface area contributed by atoms with Crippen LogP contribution in [0.1, 0.15) is 31.4 Å². The smallest absolute Gasteiger partial charge is 0.309 e. The first-order valence-electron chi connectivity index (χ1n) is 13.0. The van der Waals surface area contributed by atoms with Gasteiger partial charge in [0.05, 0.1) is 18.6 Å². The lowest BCUT2D eigenvalue weighted by atomic mass is 9.93. The van der Waals surface area contributed by atoms with E-state index in [1.54, 1.807) is 10.8 Å². The van der Waals surface area contributed by atoms with Crippen molar-refractivity contribution < 1.29 is 19.8 Å². The number of nitrogens with zero attached hydrogens (tertiary/aromatic N) is 1. The van der Waals surface area contributed by atoms with E-state index in [0.29, 0.717) is 19.3 Å². The van der Waals surface area contributed by atoms with Crippen molar-refractivity contribution >= 4 is 11.9 Å². The fourth-order valence-corrected chi connectivity index (χ4v) is 4.84. The predicted octanol–water partition coefficient (Wildman–Crippen LogP) is 5.58. The molecule has 0 unspecified atom stereocenters. The van der Waals surface area contributed by atoms with Crippen LogP contribution in [-0.2, 0) is 16.0 Å². The maximum atomic E-state index is 13.6. The molecule has 6 heteroatoms. The number of carbonyl (C=O) groups is 2. The van der Waals surface area contributed by atoms with Crippen molar-refractivity contribution in [1.29, 1.82) is 0 Å².